The van der Waals surface area contributed by atoms with Crippen LogP contribution in [0.3, 0.4) is 0 Å². The van der Waals surface area contributed by atoms with Gasteiger partial charge in [-0.05, 0) is 56.4 Å². The number of halogens is 1. The van der Waals surface area contributed by atoms with Crippen LogP contribution in [-0.2, 0) is 12.0 Å². The van der Waals surface area contributed by atoms with E-state index in [1.807, 2.05) is 13.8 Å². The van der Waals surface area contributed by atoms with E-state index in [2.05, 4.69) is 23.1 Å². The zero-order chi connectivity index (χ0) is 16.2. The number of fused-ring (bicyclic) bond motifs is 1. The molecule has 2 bridgehead atoms. The number of hydrogen-bond acceptors (Lipinski definition) is 3. The first kappa shape index (κ1) is 15.3. The molecule has 0 spiro atoms. The monoisotopic (exact) mass is 333 g/mol. The van der Waals surface area contributed by atoms with Crippen molar-refractivity contribution in [1.29, 1.82) is 0 Å². The largest absolute Gasteiger partial charge is 0.493 e. The zero-order valence-corrected chi connectivity index (χ0v) is 14.8. The second-order valence-electron chi connectivity index (χ2n) is 7.23. The lowest BCUT2D eigenvalue weighted by Crippen LogP contribution is -2.48. The van der Waals surface area contributed by atoms with Crippen LogP contribution in [0, 0.1) is 0 Å². The van der Waals surface area contributed by atoms with Crippen LogP contribution in [0.25, 0.3) is 0 Å². The van der Waals surface area contributed by atoms with Gasteiger partial charge in [-0.25, -0.2) is 0 Å². The Balaban J connectivity index is 1.85. The number of benzene rings is 1. The maximum absolute atomic E-state index is 6.62. The zero-order valence-electron chi connectivity index (χ0n) is 14.1. The summed E-state index contributed by atoms with van der Waals surface area (Å²) in [7, 11) is 1.72. The molecule has 1 saturated heterocycles. The van der Waals surface area contributed by atoms with Crippen molar-refractivity contribution in [1.82, 2.24) is 4.90 Å². The lowest BCUT2D eigenvalue weighted by Gasteiger charge is -2.46. The molecule has 3 atom stereocenters. The molecule has 0 aromatic heterocycles. The van der Waals surface area contributed by atoms with Crippen molar-refractivity contribution >= 4 is 11.6 Å². The normalized spacial score (nSPS) is 31.4. The Kier molecular flexibility index (Phi) is 3.62. The summed E-state index contributed by atoms with van der Waals surface area (Å²) >= 11 is 6.62. The SMILES string of the molecule is COc1cc2c(cc1OC(C)C)CN1CC[C@@]23CCC=C(Cl)[C@H]13. The molecule has 3 nitrogen and oxygen atoms in total. The van der Waals surface area contributed by atoms with E-state index in [4.69, 9.17) is 21.1 Å². The second-order valence-corrected chi connectivity index (χ2v) is 7.67. The highest BCUT2D eigenvalue weighted by molar-refractivity contribution is 6.30. The van der Waals surface area contributed by atoms with E-state index in [9.17, 15) is 0 Å². The van der Waals surface area contributed by atoms with Gasteiger partial charge in [-0.2, -0.15) is 0 Å². The van der Waals surface area contributed by atoms with Gasteiger partial charge in [0.15, 0.2) is 11.5 Å². The van der Waals surface area contributed by atoms with Crippen LogP contribution in [0.2, 0.25) is 0 Å². The molecule has 0 radical (unpaired) electrons. The molecule has 3 aliphatic rings. The summed E-state index contributed by atoms with van der Waals surface area (Å²) in [5.74, 6) is 1.70. The molecule has 23 heavy (non-hydrogen) atoms. The minimum absolute atomic E-state index is 0.139. The van der Waals surface area contributed by atoms with E-state index in [0.717, 1.165) is 36.0 Å². The topological polar surface area (TPSA) is 21.7 Å². The molecular formula is C19H24ClNO2. The molecule has 1 unspecified atom stereocenters. The van der Waals surface area contributed by atoms with Gasteiger partial charge < -0.3 is 9.47 Å². The number of ether oxygens (including phenoxy) is 2. The minimum atomic E-state index is 0.139. The van der Waals surface area contributed by atoms with Crippen molar-refractivity contribution in [2.45, 2.75) is 57.2 Å². The molecule has 124 valence electrons. The van der Waals surface area contributed by atoms with Gasteiger partial charge in [0.25, 0.3) is 0 Å². The number of rotatable bonds is 3. The summed E-state index contributed by atoms with van der Waals surface area (Å²) in [5.41, 5.74) is 2.96. The third-order valence-corrected chi connectivity index (χ3v) is 5.95. The van der Waals surface area contributed by atoms with E-state index >= 15 is 0 Å². The van der Waals surface area contributed by atoms with E-state index in [1.54, 1.807) is 7.11 Å². The highest BCUT2D eigenvalue weighted by Gasteiger charge is 2.54. The predicted molar refractivity (Wildman–Crippen MR) is 92.4 cm³/mol. The van der Waals surface area contributed by atoms with Gasteiger partial charge in [-0.1, -0.05) is 17.7 Å². The molecule has 0 saturated carbocycles. The summed E-state index contributed by atoms with van der Waals surface area (Å²) in [6.45, 7) is 6.16. The number of methoxy groups -OCH3 is 1. The molecule has 4 rings (SSSR count). The predicted octanol–water partition coefficient (Wildman–Crippen LogP) is 4.22. The maximum atomic E-state index is 6.62. The van der Waals surface area contributed by atoms with Crippen LogP contribution < -0.4 is 9.47 Å². The van der Waals surface area contributed by atoms with Gasteiger partial charge in [-0.15, -0.1) is 0 Å². The van der Waals surface area contributed by atoms with Crippen molar-refractivity contribution in [3.8, 4) is 11.5 Å². The average Bonchev–Trinajstić information content (AvgIpc) is 2.81. The Morgan fingerprint density at radius 2 is 2.09 bits per heavy atom. The fourth-order valence-electron chi connectivity index (χ4n) is 4.75. The smallest absolute Gasteiger partial charge is 0.161 e. The Morgan fingerprint density at radius 3 is 2.83 bits per heavy atom. The quantitative estimate of drug-likeness (QED) is 0.826. The van der Waals surface area contributed by atoms with Crippen molar-refractivity contribution in [3.05, 3.63) is 34.4 Å². The van der Waals surface area contributed by atoms with Crippen LogP contribution in [0.15, 0.2) is 23.2 Å². The van der Waals surface area contributed by atoms with Crippen molar-refractivity contribution in [2.24, 2.45) is 0 Å². The summed E-state index contributed by atoms with van der Waals surface area (Å²) in [6, 6.07) is 4.77. The molecule has 2 heterocycles. The highest BCUT2D eigenvalue weighted by Crippen LogP contribution is 2.55. The van der Waals surface area contributed by atoms with Crippen LogP contribution in [0.4, 0.5) is 0 Å². The second kappa shape index (κ2) is 5.42. The first-order valence-corrected chi connectivity index (χ1v) is 8.90. The summed E-state index contributed by atoms with van der Waals surface area (Å²) in [4.78, 5) is 2.53. The van der Waals surface area contributed by atoms with E-state index in [-0.39, 0.29) is 11.5 Å². The van der Waals surface area contributed by atoms with Crippen molar-refractivity contribution < 1.29 is 9.47 Å². The molecule has 1 aromatic carbocycles. The van der Waals surface area contributed by atoms with Crippen LogP contribution in [0.1, 0.15) is 44.2 Å². The third-order valence-electron chi connectivity index (χ3n) is 5.59. The average molecular weight is 334 g/mol. The van der Waals surface area contributed by atoms with E-state index < -0.39 is 0 Å². The van der Waals surface area contributed by atoms with Gasteiger partial charge in [-0.3, -0.25) is 4.90 Å². The fraction of sp³-hybridized carbons (Fsp3) is 0.579. The number of hydrogen-bond donors (Lipinski definition) is 0. The molecule has 1 fully saturated rings. The summed E-state index contributed by atoms with van der Waals surface area (Å²) in [6.07, 6.45) is 5.77. The Hall–Kier alpha value is -1.19. The van der Waals surface area contributed by atoms with Gasteiger partial charge in [0.05, 0.1) is 19.3 Å². The van der Waals surface area contributed by atoms with Crippen molar-refractivity contribution in [3.63, 3.8) is 0 Å². The lowest BCUT2D eigenvalue weighted by atomic mass is 9.65. The van der Waals surface area contributed by atoms with Crippen LogP contribution in [0.5, 0.6) is 11.5 Å². The molecule has 2 aliphatic heterocycles. The number of nitrogens with zero attached hydrogens (tertiary/aromatic N) is 1. The summed E-state index contributed by atoms with van der Waals surface area (Å²) < 4.78 is 11.6. The van der Waals surface area contributed by atoms with Crippen LogP contribution in [-0.4, -0.2) is 30.7 Å². The van der Waals surface area contributed by atoms with Gasteiger partial charge in [0.1, 0.15) is 0 Å². The molecule has 1 aliphatic carbocycles. The fourth-order valence-corrected chi connectivity index (χ4v) is 5.20. The Morgan fingerprint density at radius 1 is 1.26 bits per heavy atom. The molecule has 0 amide bonds. The molecule has 1 aromatic rings. The standard InChI is InChI=1S/C19H24ClNO2/c1-12(2)23-17-9-13-11-21-8-7-19(14(13)10-16(17)22-3)6-4-5-15(20)18(19)21/h5,9-10,12,18H,4,6-8,11H2,1-3H3/t18-,19-/m0/s1. The maximum Gasteiger partial charge on any atom is 0.161 e. The third kappa shape index (κ3) is 2.20. The Bertz CT molecular complexity index is 670. The molecule has 4 heteroatoms. The highest BCUT2D eigenvalue weighted by atomic mass is 35.5. The summed E-state index contributed by atoms with van der Waals surface area (Å²) in [5, 5.41) is 1.03. The lowest BCUT2D eigenvalue weighted by molar-refractivity contribution is 0.194. The number of allylic oxidation sites excluding steroid dienone is 1. The molecular weight excluding hydrogens is 310 g/mol. The van der Waals surface area contributed by atoms with Gasteiger partial charge in [0.2, 0.25) is 0 Å². The van der Waals surface area contributed by atoms with E-state index in [1.165, 1.54) is 24.0 Å². The van der Waals surface area contributed by atoms with Gasteiger partial charge >= 0.3 is 0 Å². The first-order valence-electron chi connectivity index (χ1n) is 8.53. The first-order chi connectivity index (χ1) is 11.0. The van der Waals surface area contributed by atoms with Gasteiger partial charge in [0, 0.05) is 23.5 Å². The molecule has 0 N–H and O–H groups in total. The van der Waals surface area contributed by atoms with E-state index in [0.29, 0.717) is 6.04 Å². The van der Waals surface area contributed by atoms with Crippen molar-refractivity contribution in [2.75, 3.05) is 13.7 Å². The Labute approximate surface area is 143 Å². The minimum Gasteiger partial charge on any atom is -0.493 e. The van der Waals surface area contributed by atoms with Crippen LogP contribution >= 0.6 is 11.6 Å².